The Morgan fingerprint density at radius 1 is 0.978 bits per heavy atom. The third-order valence-corrected chi connectivity index (χ3v) is 8.79. The third kappa shape index (κ3) is 6.40. The topological polar surface area (TPSA) is 127 Å². The molecule has 5 rings (SSSR count). The number of carboxylic acids is 1. The van der Waals surface area contributed by atoms with Crippen molar-refractivity contribution in [1.29, 1.82) is 0 Å². The number of allylic oxidation sites excluding steroid dienone is 4. The first kappa shape index (κ1) is 33.2. The predicted octanol–water partition coefficient (Wildman–Crippen LogP) is 8.22. The number of benzene rings is 2. The molecule has 2 aromatic rings. The van der Waals surface area contributed by atoms with E-state index in [1.54, 1.807) is 4.90 Å². The molecule has 0 spiro atoms. The maximum atomic E-state index is 14.0. The molecule has 0 saturated carbocycles. The van der Waals surface area contributed by atoms with Gasteiger partial charge in [-0.3, -0.25) is 24.5 Å². The number of ketones is 2. The fourth-order valence-electron chi connectivity index (χ4n) is 6.72. The quantitative estimate of drug-likeness (QED) is 0.232. The van der Waals surface area contributed by atoms with E-state index < -0.39 is 50.8 Å². The van der Waals surface area contributed by atoms with Crippen LogP contribution in [0.15, 0.2) is 58.9 Å². The van der Waals surface area contributed by atoms with E-state index in [1.165, 1.54) is 18.2 Å². The Balaban J connectivity index is 1.75. The van der Waals surface area contributed by atoms with Gasteiger partial charge in [0.15, 0.2) is 11.6 Å². The van der Waals surface area contributed by atoms with Gasteiger partial charge in [-0.15, -0.1) is 0 Å². The summed E-state index contributed by atoms with van der Waals surface area (Å²) < 4.78 is 46.1. The summed E-state index contributed by atoms with van der Waals surface area (Å²) in [6, 6.07) is 6.21. The molecule has 2 aromatic carbocycles. The monoisotopic (exact) mass is 660 g/mol. The van der Waals surface area contributed by atoms with Gasteiger partial charge in [0.05, 0.1) is 16.9 Å². The van der Waals surface area contributed by atoms with Gasteiger partial charge in [-0.1, -0.05) is 39.3 Å². The van der Waals surface area contributed by atoms with Crippen LogP contribution in [0.2, 0.25) is 5.02 Å². The van der Waals surface area contributed by atoms with Crippen molar-refractivity contribution in [2.24, 2.45) is 10.8 Å². The Bertz CT molecular complexity index is 1690. The molecule has 1 N–H and O–H groups in total. The highest BCUT2D eigenvalue weighted by Crippen LogP contribution is 2.56. The number of ether oxygens (including phenoxy) is 1. The molecule has 0 radical (unpaired) electrons. The van der Waals surface area contributed by atoms with Crippen LogP contribution in [0.1, 0.15) is 76.8 Å². The zero-order chi connectivity index (χ0) is 33.9. The second-order valence-corrected chi connectivity index (χ2v) is 14.0. The minimum absolute atomic E-state index is 0.0308. The third-order valence-electron chi connectivity index (χ3n) is 8.56. The number of aliphatic carboxylic acids is 1. The number of carbonyl (C=O) groups is 3. The van der Waals surface area contributed by atoms with Crippen molar-refractivity contribution in [2.75, 3.05) is 6.54 Å². The number of hydrogen-bond acceptors (Lipinski definition) is 7. The molecular formula is C33H32ClF3N2O7. The molecule has 0 bridgehead atoms. The number of nitrogens with zero attached hydrogens (tertiary/aromatic N) is 2. The number of nitro groups is 1. The number of carboxylic acid groups (broad SMARTS) is 1. The lowest BCUT2D eigenvalue weighted by atomic mass is 9.63. The molecule has 0 unspecified atom stereocenters. The second-order valence-electron chi connectivity index (χ2n) is 13.6. The number of nitro benzene ring substituents is 1. The van der Waals surface area contributed by atoms with Crippen molar-refractivity contribution in [2.45, 2.75) is 71.9 Å². The lowest BCUT2D eigenvalue weighted by Gasteiger charge is -2.49. The summed E-state index contributed by atoms with van der Waals surface area (Å²) in [5.74, 6) is -3.08. The van der Waals surface area contributed by atoms with E-state index in [9.17, 15) is 42.8 Å². The molecule has 1 heterocycles. The second kappa shape index (κ2) is 11.6. The van der Waals surface area contributed by atoms with Crippen LogP contribution in [0.3, 0.4) is 0 Å². The number of hydrogen-bond donors (Lipinski definition) is 1. The van der Waals surface area contributed by atoms with Gasteiger partial charge in [0, 0.05) is 64.5 Å². The molecule has 0 amide bonds. The first-order valence-corrected chi connectivity index (χ1v) is 15.0. The maximum absolute atomic E-state index is 14.0. The normalized spacial score (nSPS) is 19.6. The van der Waals surface area contributed by atoms with Crippen LogP contribution in [-0.4, -0.2) is 39.0 Å². The molecule has 9 nitrogen and oxygen atoms in total. The van der Waals surface area contributed by atoms with E-state index in [-0.39, 0.29) is 64.9 Å². The summed E-state index contributed by atoms with van der Waals surface area (Å²) in [7, 11) is 0. The highest BCUT2D eigenvalue weighted by Gasteiger charge is 2.49. The summed E-state index contributed by atoms with van der Waals surface area (Å²) in [6.07, 6.45) is -4.01. The van der Waals surface area contributed by atoms with Crippen LogP contribution in [0.4, 0.5) is 18.9 Å². The molecule has 3 aliphatic rings. The molecule has 0 aromatic heterocycles. The Kier molecular flexibility index (Phi) is 8.34. The van der Waals surface area contributed by atoms with Crippen LogP contribution in [-0.2, 0) is 20.6 Å². The zero-order valence-electron chi connectivity index (χ0n) is 25.6. The summed E-state index contributed by atoms with van der Waals surface area (Å²) in [5.41, 5.74) is -1.15. The number of rotatable bonds is 7. The van der Waals surface area contributed by atoms with Crippen LogP contribution >= 0.6 is 11.6 Å². The highest BCUT2D eigenvalue weighted by molar-refractivity contribution is 6.30. The molecule has 46 heavy (non-hydrogen) atoms. The van der Waals surface area contributed by atoms with Crippen LogP contribution in [0.25, 0.3) is 0 Å². The summed E-state index contributed by atoms with van der Waals surface area (Å²) in [6.45, 7) is 7.74. The van der Waals surface area contributed by atoms with Gasteiger partial charge in [0.25, 0.3) is 0 Å². The molecule has 0 saturated heterocycles. The summed E-state index contributed by atoms with van der Waals surface area (Å²) >= 11 is 6.45. The van der Waals surface area contributed by atoms with E-state index >= 15 is 0 Å². The van der Waals surface area contributed by atoms with Gasteiger partial charge in [-0.05, 0) is 54.0 Å². The zero-order valence-corrected chi connectivity index (χ0v) is 26.3. The van der Waals surface area contributed by atoms with E-state index in [4.69, 9.17) is 16.3 Å². The van der Waals surface area contributed by atoms with Gasteiger partial charge in [0.2, 0.25) is 5.75 Å². The smallest absolute Gasteiger partial charge is 0.416 e. The summed E-state index contributed by atoms with van der Waals surface area (Å²) in [5, 5.41) is 21.6. The van der Waals surface area contributed by atoms with E-state index in [0.29, 0.717) is 36.4 Å². The number of carbonyl (C=O) groups excluding carboxylic acids is 2. The molecule has 244 valence electrons. The van der Waals surface area contributed by atoms with Crippen molar-refractivity contribution in [1.82, 2.24) is 4.90 Å². The molecule has 0 fully saturated rings. The van der Waals surface area contributed by atoms with Crippen LogP contribution < -0.4 is 4.74 Å². The van der Waals surface area contributed by atoms with Crippen LogP contribution in [0, 0.1) is 20.9 Å². The molecule has 13 heteroatoms. The maximum Gasteiger partial charge on any atom is 0.416 e. The van der Waals surface area contributed by atoms with E-state index in [1.807, 2.05) is 27.7 Å². The Morgan fingerprint density at radius 2 is 1.52 bits per heavy atom. The van der Waals surface area contributed by atoms with Gasteiger partial charge in [-0.2, -0.15) is 13.2 Å². The fourth-order valence-corrected chi connectivity index (χ4v) is 6.90. The Morgan fingerprint density at radius 3 is 2.02 bits per heavy atom. The summed E-state index contributed by atoms with van der Waals surface area (Å²) in [4.78, 5) is 52.5. The van der Waals surface area contributed by atoms with Gasteiger partial charge in [-0.25, -0.2) is 0 Å². The predicted molar refractivity (Wildman–Crippen MR) is 161 cm³/mol. The highest BCUT2D eigenvalue weighted by atomic mass is 35.5. The van der Waals surface area contributed by atoms with Crippen molar-refractivity contribution in [3.63, 3.8) is 0 Å². The largest absolute Gasteiger partial charge is 0.481 e. The number of Topliss-reactive ketones (excluding diaryl/α,β-unsaturated/α-hetero) is 2. The average molecular weight is 661 g/mol. The molecule has 2 aliphatic carbocycles. The lowest BCUT2D eigenvalue weighted by Crippen LogP contribution is -2.45. The van der Waals surface area contributed by atoms with Gasteiger partial charge >= 0.3 is 17.8 Å². The first-order chi connectivity index (χ1) is 21.3. The molecule has 0 atom stereocenters. The van der Waals surface area contributed by atoms with Crippen molar-refractivity contribution in [3.05, 3.63) is 85.2 Å². The number of halogens is 4. The minimum atomic E-state index is -4.83. The molecular weight excluding hydrogens is 629 g/mol. The standard InChI is InChI=1S/C33H32ClF3N2O7/c1-31(2)13-21-29(23(40)15-31)28(30-22(38(21)10-9-27(42)43)14-32(3,4)16-24(30)41)19-12-18(34)6-8-25(19)46-26-7-5-17(33(35,36)37)11-20(26)39(44)45/h5-8,11-12,28H,9-10,13-16H2,1-4H3,(H,42,43). The lowest BCUT2D eigenvalue weighted by molar-refractivity contribution is -0.385. The van der Waals surface area contributed by atoms with Crippen molar-refractivity contribution >= 4 is 34.8 Å². The van der Waals surface area contributed by atoms with E-state index in [0.717, 1.165) is 6.07 Å². The van der Waals surface area contributed by atoms with Crippen molar-refractivity contribution < 1.29 is 42.3 Å². The van der Waals surface area contributed by atoms with E-state index in [2.05, 4.69) is 0 Å². The van der Waals surface area contributed by atoms with Gasteiger partial charge < -0.3 is 14.7 Å². The van der Waals surface area contributed by atoms with Crippen molar-refractivity contribution in [3.8, 4) is 11.5 Å². The fraction of sp³-hybridized carbons (Fsp3) is 0.424. The Hall–Kier alpha value is -4.19. The first-order valence-electron chi connectivity index (χ1n) is 14.6. The number of alkyl halides is 3. The van der Waals surface area contributed by atoms with Crippen LogP contribution in [0.5, 0.6) is 11.5 Å². The minimum Gasteiger partial charge on any atom is -0.481 e. The Labute approximate surface area is 267 Å². The SMILES string of the molecule is CC1(C)CC(=O)C2=C(C1)N(CCC(=O)O)C1=C(C(=O)CC(C)(C)C1)C2c1cc(Cl)ccc1Oc1ccc(C(F)(F)F)cc1[N+](=O)[O-]. The van der Waals surface area contributed by atoms with Gasteiger partial charge in [0.1, 0.15) is 5.75 Å². The molecule has 1 aliphatic heterocycles. The average Bonchev–Trinajstić information content (AvgIpc) is 2.90.